The Kier molecular flexibility index (Phi) is 12.6. The van der Waals surface area contributed by atoms with Crippen LogP contribution in [0.4, 0.5) is 0 Å². The fourth-order valence-corrected chi connectivity index (χ4v) is 2.46. The van der Waals surface area contributed by atoms with Crippen molar-refractivity contribution in [3.8, 4) is 0 Å². The molecule has 0 spiro atoms. The van der Waals surface area contributed by atoms with Gasteiger partial charge in [0, 0.05) is 32.8 Å². The molecule has 1 aliphatic rings. The zero-order valence-electron chi connectivity index (χ0n) is 13.2. The van der Waals surface area contributed by atoms with Gasteiger partial charge in [-0.3, -0.25) is 4.99 Å². The lowest BCUT2D eigenvalue weighted by Crippen LogP contribution is -2.39. The van der Waals surface area contributed by atoms with Gasteiger partial charge < -0.3 is 20.3 Å². The van der Waals surface area contributed by atoms with Gasteiger partial charge in [-0.1, -0.05) is 12.8 Å². The topological polar surface area (TPSA) is 48.9 Å². The van der Waals surface area contributed by atoms with E-state index in [4.69, 9.17) is 4.74 Å². The third-order valence-corrected chi connectivity index (χ3v) is 3.61. The lowest BCUT2D eigenvalue weighted by molar-refractivity contribution is 0.203. The third kappa shape index (κ3) is 8.26. The van der Waals surface area contributed by atoms with E-state index in [1.54, 1.807) is 7.11 Å². The van der Waals surface area contributed by atoms with E-state index in [9.17, 15) is 0 Å². The highest BCUT2D eigenvalue weighted by molar-refractivity contribution is 14.0. The molecule has 0 unspecified atom stereocenters. The molecule has 0 bridgehead atoms. The average Bonchev–Trinajstić information content (AvgIpc) is 2.93. The first-order valence-electron chi connectivity index (χ1n) is 7.49. The molecule has 5 nitrogen and oxygen atoms in total. The molecule has 6 heteroatoms. The molecule has 1 rings (SSSR count). The molecule has 0 aromatic heterocycles. The molecule has 20 heavy (non-hydrogen) atoms. The van der Waals surface area contributed by atoms with E-state index in [1.165, 1.54) is 25.7 Å². The second-order valence-electron chi connectivity index (χ2n) is 5.10. The number of nitrogens with zero attached hydrogens (tertiary/aromatic N) is 2. The van der Waals surface area contributed by atoms with Crippen molar-refractivity contribution in [2.45, 2.75) is 38.6 Å². The zero-order chi connectivity index (χ0) is 13.9. The number of rotatable bonds is 8. The second kappa shape index (κ2) is 12.6. The van der Waals surface area contributed by atoms with Crippen LogP contribution in [0.2, 0.25) is 0 Å². The monoisotopic (exact) mass is 398 g/mol. The number of nitrogens with one attached hydrogen (secondary N) is 2. The Morgan fingerprint density at radius 1 is 1.30 bits per heavy atom. The highest BCUT2D eigenvalue weighted by Gasteiger charge is 2.18. The lowest BCUT2D eigenvalue weighted by atomic mass is 10.2. The maximum absolute atomic E-state index is 5.03. The van der Waals surface area contributed by atoms with Gasteiger partial charge in [0.25, 0.3) is 0 Å². The summed E-state index contributed by atoms with van der Waals surface area (Å²) in [5.41, 5.74) is 0. The van der Waals surface area contributed by atoms with Crippen LogP contribution >= 0.6 is 24.0 Å². The van der Waals surface area contributed by atoms with Crippen LogP contribution in [-0.2, 0) is 4.74 Å². The number of likely N-dealkylation sites (N-methyl/N-ethyl adjacent to an activating group) is 1. The van der Waals surface area contributed by atoms with E-state index in [0.29, 0.717) is 6.61 Å². The zero-order valence-corrected chi connectivity index (χ0v) is 15.5. The molecule has 0 aliphatic heterocycles. The van der Waals surface area contributed by atoms with Crippen LogP contribution in [0.1, 0.15) is 32.6 Å². The lowest BCUT2D eigenvalue weighted by Gasteiger charge is -2.23. The standard InChI is InChI=1S/C14H30N4O.HI/c1-4-15-14(17-10-12-19-3)16-9-11-18(2)13-7-5-6-8-13;/h13H,4-12H2,1-3H3,(H2,15,16,17);1H. The Labute approximate surface area is 140 Å². The molecule has 0 aromatic carbocycles. The van der Waals surface area contributed by atoms with Crippen LogP contribution in [0.15, 0.2) is 4.99 Å². The van der Waals surface area contributed by atoms with Crippen molar-refractivity contribution in [2.24, 2.45) is 4.99 Å². The number of halogens is 1. The van der Waals surface area contributed by atoms with Gasteiger partial charge in [-0.25, -0.2) is 0 Å². The molecule has 0 heterocycles. The molecule has 1 fully saturated rings. The smallest absolute Gasteiger partial charge is 0.191 e. The van der Waals surface area contributed by atoms with Crippen molar-refractivity contribution in [3.05, 3.63) is 0 Å². The van der Waals surface area contributed by atoms with Gasteiger partial charge >= 0.3 is 0 Å². The van der Waals surface area contributed by atoms with Gasteiger partial charge in [0.15, 0.2) is 5.96 Å². The van der Waals surface area contributed by atoms with Crippen molar-refractivity contribution in [3.63, 3.8) is 0 Å². The van der Waals surface area contributed by atoms with Gasteiger partial charge in [-0.05, 0) is 26.8 Å². The number of methoxy groups -OCH3 is 1. The van der Waals surface area contributed by atoms with E-state index in [2.05, 4.69) is 34.5 Å². The van der Waals surface area contributed by atoms with E-state index in [1.807, 2.05) is 0 Å². The van der Waals surface area contributed by atoms with E-state index < -0.39 is 0 Å². The number of guanidine groups is 1. The van der Waals surface area contributed by atoms with Crippen LogP contribution in [0.5, 0.6) is 0 Å². The van der Waals surface area contributed by atoms with Crippen molar-refractivity contribution in [2.75, 3.05) is 46.9 Å². The maximum atomic E-state index is 5.03. The first kappa shape index (κ1) is 19.9. The minimum Gasteiger partial charge on any atom is -0.383 e. The van der Waals surface area contributed by atoms with Crippen LogP contribution in [-0.4, -0.2) is 63.8 Å². The molecule has 0 amide bonds. The summed E-state index contributed by atoms with van der Waals surface area (Å²) in [6.45, 7) is 6.34. The molecule has 0 atom stereocenters. The Hall–Kier alpha value is -0.0800. The average molecular weight is 398 g/mol. The van der Waals surface area contributed by atoms with Gasteiger partial charge in [-0.2, -0.15) is 0 Å². The summed E-state index contributed by atoms with van der Waals surface area (Å²) < 4.78 is 5.03. The van der Waals surface area contributed by atoms with Gasteiger partial charge in [0.05, 0.1) is 13.2 Å². The molecular formula is C14H31IN4O. The Balaban J connectivity index is 0.00000361. The van der Waals surface area contributed by atoms with Crippen molar-refractivity contribution in [1.29, 1.82) is 0 Å². The van der Waals surface area contributed by atoms with Gasteiger partial charge in [0.1, 0.15) is 0 Å². The Morgan fingerprint density at radius 3 is 2.60 bits per heavy atom. The highest BCUT2D eigenvalue weighted by Crippen LogP contribution is 2.21. The molecule has 120 valence electrons. The first-order chi connectivity index (χ1) is 9.27. The number of hydrogen-bond acceptors (Lipinski definition) is 3. The second-order valence-corrected chi connectivity index (χ2v) is 5.10. The number of aliphatic imine (C=N–C) groups is 1. The quantitative estimate of drug-likeness (QED) is 0.283. The van der Waals surface area contributed by atoms with Crippen LogP contribution < -0.4 is 10.6 Å². The SMILES string of the molecule is CCNC(=NCCN(C)C1CCCC1)NCCOC.I. The predicted octanol–water partition coefficient (Wildman–Crippen LogP) is 1.68. The predicted molar refractivity (Wildman–Crippen MR) is 96.2 cm³/mol. The molecule has 1 saturated carbocycles. The van der Waals surface area contributed by atoms with Crippen LogP contribution in [0.25, 0.3) is 0 Å². The summed E-state index contributed by atoms with van der Waals surface area (Å²) >= 11 is 0. The summed E-state index contributed by atoms with van der Waals surface area (Å²) in [7, 11) is 3.93. The van der Waals surface area contributed by atoms with Crippen molar-refractivity contribution >= 4 is 29.9 Å². The third-order valence-electron chi connectivity index (χ3n) is 3.61. The normalized spacial score (nSPS) is 16.3. The molecule has 0 aromatic rings. The summed E-state index contributed by atoms with van der Waals surface area (Å²) in [5.74, 6) is 0.888. The van der Waals surface area contributed by atoms with Crippen LogP contribution in [0, 0.1) is 0 Å². The Morgan fingerprint density at radius 2 is 2.00 bits per heavy atom. The largest absolute Gasteiger partial charge is 0.383 e. The van der Waals surface area contributed by atoms with Gasteiger partial charge in [0.2, 0.25) is 0 Å². The molecule has 0 saturated heterocycles. The first-order valence-corrected chi connectivity index (χ1v) is 7.49. The molecular weight excluding hydrogens is 367 g/mol. The fraction of sp³-hybridized carbons (Fsp3) is 0.929. The fourth-order valence-electron chi connectivity index (χ4n) is 2.46. The maximum Gasteiger partial charge on any atom is 0.191 e. The number of hydrogen-bond donors (Lipinski definition) is 2. The van der Waals surface area contributed by atoms with E-state index >= 15 is 0 Å². The molecule has 2 N–H and O–H groups in total. The Bertz CT molecular complexity index is 258. The van der Waals surface area contributed by atoms with Crippen LogP contribution in [0.3, 0.4) is 0 Å². The minimum absolute atomic E-state index is 0. The minimum atomic E-state index is 0. The number of ether oxygens (including phenoxy) is 1. The molecule has 0 radical (unpaired) electrons. The highest BCUT2D eigenvalue weighted by atomic mass is 127. The van der Waals surface area contributed by atoms with Crippen molar-refractivity contribution < 1.29 is 4.74 Å². The summed E-state index contributed by atoms with van der Waals surface area (Å²) in [6, 6.07) is 0.777. The summed E-state index contributed by atoms with van der Waals surface area (Å²) in [6.07, 6.45) is 5.48. The molecule has 1 aliphatic carbocycles. The van der Waals surface area contributed by atoms with Gasteiger partial charge in [-0.15, -0.1) is 24.0 Å². The summed E-state index contributed by atoms with van der Waals surface area (Å²) in [5, 5.41) is 6.51. The van der Waals surface area contributed by atoms with E-state index in [-0.39, 0.29) is 24.0 Å². The van der Waals surface area contributed by atoms with Crippen molar-refractivity contribution in [1.82, 2.24) is 15.5 Å². The summed E-state index contributed by atoms with van der Waals surface area (Å²) in [4.78, 5) is 7.05. The van der Waals surface area contributed by atoms with E-state index in [0.717, 1.165) is 38.2 Å².